The zero-order valence-corrected chi connectivity index (χ0v) is 12.9. The van der Waals surface area contributed by atoms with E-state index in [1.165, 1.54) is 0 Å². The van der Waals surface area contributed by atoms with Gasteiger partial charge < -0.3 is 4.84 Å². The Bertz CT molecular complexity index is 817. The molecule has 1 fully saturated rings. The molecule has 2 heterocycles. The first-order valence-corrected chi connectivity index (χ1v) is 7.49. The Balaban J connectivity index is 1.75. The van der Waals surface area contributed by atoms with Crippen LogP contribution >= 0.6 is 0 Å². The van der Waals surface area contributed by atoms with Crippen molar-refractivity contribution >= 4 is 17.0 Å². The van der Waals surface area contributed by atoms with Crippen molar-refractivity contribution < 1.29 is 22.8 Å². The fraction of sp³-hybridized carbons (Fsp3) is 0.467. The minimum absolute atomic E-state index is 0.141. The SMILES string of the molecule is Cn1c(=O)n(C2CCN(OC(=O)C(F)(F)F)CC2)c2ccccc21. The van der Waals surface area contributed by atoms with Gasteiger partial charge in [-0.05, 0) is 25.0 Å². The average Bonchev–Trinajstić information content (AvgIpc) is 2.79. The lowest BCUT2D eigenvalue weighted by molar-refractivity contribution is -0.242. The zero-order valence-electron chi connectivity index (χ0n) is 12.9. The van der Waals surface area contributed by atoms with Gasteiger partial charge in [-0.3, -0.25) is 9.13 Å². The van der Waals surface area contributed by atoms with E-state index in [0.29, 0.717) is 12.8 Å². The number of aromatic nitrogens is 2. The number of carbonyl (C=O) groups is 1. The van der Waals surface area contributed by atoms with Crippen LogP contribution in [-0.4, -0.2) is 39.4 Å². The van der Waals surface area contributed by atoms with E-state index in [2.05, 4.69) is 4.84 Å². The van der Waals surface area contributed by atoms with Gasteiger partial charge in [0.05, 0.1) is 11.0 Å². The number of hydrogen-bond donors (Lipinski definition) is 0. The molecule has 24 heavy (non-hydrogen) atoms. The van der Waals surface area contributed by atoms with Crippen molar-refractivity contribution in [2.24, 2.45) is 7.05 Å². The summed E-state index contributed by atoms with van der Waals surface area (Å²) in [6, 6.07) is 7.20. The molecular formula is C15H16F3N3O3. The van der Waals surface area contributed by atoms with E-state index in [9.17, 15) is 22.8 Å². The third-order valence-electron chi connectivity index (χ3n) is 4.23. The molecule has 0 atom stereocenters. The van der Waals surface area contributed by atoms with E-state index in [4.69, 9.17) is 0 Å². The van der Waals surface area contributed by atoms with Crippen molar-refractivity contribution in [2.75, 3.05) is 13.1 Å². The molecule has 0 unspecified atom stereocenters. The van der Waals surface area contributed by atoms with Gasteiger partial charge in [0.1, 0.15) is 0 Å². The van der Waals surface area contributed by atoms with Crippen LogP contribution in [0.1, 0.15) is 18.9 Å². The molecule has 1 aromatic heterocycles. The summed E-state index contributed by atoms with van der Waals surface area (Å²) in [5, 5.41) is 1.00. The summed E-state index contributed by atoms with van der Waals surface area (Å²) in [5.74, 6) is -2.22. The second-order valence-electron chi connectivity index (χ2n) is 5.74. The van der Waals surface area contributed by atoms with Gasteiger partial charge in [-0.2, -0.15) is 13.2 Å². The summed E-state index contributed by atoms with van der Waals surface area (Å²) in [5.41, 5.74) is 1.42. The van der Waals surface area contributed by atoms with E-state index in [-0.39, 0.29) is 24.8 Å². The first kappa shape index (κ1) is 16.6. The average molecular weight is 343 g/mol. The minimum Gasteiger partial charge on any atom is -0.361 e. The summed E-state index contributed by atoms with van der Waals surface area (Å²) in [4.78, 5) is 27.7. The molecule has 0 N–H and O–H groups in total. The summed E-state index contributed by atoms with van der Waals surface area (Å²) in [7, 11) is 1.68. The number of imidazole rings is 1. The van der Waals surface area contributed by atoms with Gasteiger partial charge in [0.15, 0.2) is 0 Å². The number of benzene rings is 1. The molecule has 0 bridgehead atoms. The minimum atomic E-state index is -5.01. The highest BCUT2D eigenvalue weighted by atomic mass is 19.4. The normalized spacial score (nSPS) is 17.3. The molecular weight excluding hydrogens is 327 g/mol. The third kappa shape index (κ3) is 2.91. The molecule has 2 aromatic rings. The molecule has 1 aliphatic rings. The van der Waals surface area contributed by atoms with E-state index >= 15 is 0 Å². The predicted molar refractivity (Wildman–Crippen MR) is 79.2 cm³/mol. The topological polar surface area (TPSA) is 56.5 Å². The molecule has 0 radical (unpaired) electrons. The second-order valence-corrected chi connectivity index (χ2v) is 5.74. The third-order valence-corrected chi connectivity index (χ3v) is 4.23. The first-order chi connectivity index (χ1) is 11.3. The number of aryl methyl sites for hydroxylation is 1. The Kier molecular flexibility index (Phi) is 4.12. The monoisotopic (exact) mass is 343 g/mol. The van der Waals surface area contributed by atoms with Crippen LogP contribution in [0.15, 0.2) is 29.1 Å². The molecule has 9 heteroatoms. The van der Waals surface area contributed by atoms with E-state index < -0.39 is 12.1 Å². The maximum absolute atomic E-state index is 12.5. The standard InChI is InChI=1S/C15H16F3N3O3/c1-19-11-4-2-3-5-12(11)21(14(19)23)10-6-8-20(9-7-10)24-13(22)15(16,17)18/h2-5,10H,6-9H2,1H3. The highest BCUT2D eigenvalue weighted by molar-refractivity contribution is 5.76. The van der Waals surface area contributed by atoms with Crippen LogP contribution < -0.4 is 5.69 Å². The number of hydroxylamine groups is 2. The van der Waals surface area contributed by atoms with Crippen molar-refractivity contribution in [1.82, 2.24) is 14.2 Å². The smallest absolute Gasteiger partial charge is 0.361 e. The lowest BCUT2D eigenvalue weighted by atomic mass is 10.1. The molecule has 1 aromatic carbocycles. The molecule has 0 spiro atoms. The summed E-state index contributed by atoms with van der Waals surface area (Å²) < 4.78 is 39.9. The van der Waals surface area contributed by atoms with Gasteiger partial charge in [-0.25, -0.2) is 9.59 Å². The lowest BCUT2D eigenvalue weighted by Crippen LogP contribution is -2.41. The van der Waals surface area contributed by atoms with Crippen LogP contribution in [0.25, 0.3) is 11.0 Å². The number of fused-ring (bicyclic) bond motifs is 1. The van der Waals surface area contributed by atoms with Gasteiger partial charge in [0.2, 0.25) is 0 Å². The van der Waals surface area contributed by atoms with Crippen LogP contribution in [0.3, 0.4) is 0 Å². The number of piperidine rings is 1. The van der Waals surface area contributed by atoms with E-state index in [1.54, 1.807) is 16.2 Å². The van der Waals surface area contributed by atoms with E-state index in [0.717, 1.165) is 16.1 Å². The fourth-order valence-corrected chi connectivity index (χ4v) is 3.03. The second kappa shape index (κ2) is 5.97. The first-order valence-electron chi connectivity index (χ1n) is 7.49. The highest BCUT2D eigenvalue weighted by Crippen LogP contribution is 2.26. The molecule has 1 aliphatic heterocycles. The molecule has 6 nitrogen and oxygen atoms in total. The summed E-state index contributed by atoms with van der Waals surface area (Å²) in [6.45, 7) is 0.282. The number of alkyl halides is 3. The summed E-state index contributed by atoms with van der Waals surface area (Å²) >= 11 is 0. The molecule has 130 valence electrons. The van der Waals surface area contributed by atoms with Crippen molar-refractivity contribution in [2.45, 2.75) is 25.1 Å². The van der Waals surface area contributed by atoms with Gasteiger partial charge in [-0.15, -0.1) is 5.06 Å². The Morgan fingerprint density at radius 3 is 2.33 bits per heavy atom. The molecule has 0 saturated carbocycles. The number of para-hydroxylation sites is 2. The van der Waals surface area contributed by atoms with Crippen LogP contribution in [0, 0.1) is 0 Å². The maximum atomic E-state index is 12.5. The Hall–Kier alpha value is -2.29. The Morgan fingerprint density at radius 1 is 1.17 bits per heavy atom. The number of halogens is 3. The van der Waals surface area contributed by atoms with Crippen molar-refractivity contribution in [1.29, 1.82) is 0 Å². The fourth-order valence-electron chi connectivity index (χ4n) is 3.03. The molecule has 0 amide bonds. The lowest BCUT2D eigenvalue weighted by Gasteiger charge is -2.31. The quantitative estimate of drug-likeness (QED) is 0.837. The van der Waals surface area contributed by atoms with Crippen LogP contribution in [-0.2, 0) is 16.7 Å². The Morgan fingerprint density at radius 2 is 1.75 bits per heavy atom. The van der Waals surface area contributed by atoms with E-state index in [1.807, 2.05) is 24.3 Å². The van der Waals surface area contributed by atoms with Crippen LogP contribution in [0.5, 0.6) is 0 Å². The molecule has 1 saturated heterocycles. The molecule has 0 aliphatic carbocycles. The molecule has 3 rings (SSSR count). The zero-order chi connectivity index (χ0) is 17.5. The predicted octanol–water partition coefficient (Wildman–Crippen LogP) is 2.00. The van der Waals surface area contributed by atoms with Crippen LogP contribution in [0.2, 0.25) is 0 Å². The van der Waals surface area contributed by atoms with Crippen LogP contribution in [0.4, 0.5) is 13.2 Å². The maximum Gasteiger partial charge on any atom is 0.492 e. The van der Waals surface area contributed by atoms with Gasteiger partial charge in [0.25, 0.3) is 0 Å². The van der Waals surface area contributed by atoms with Crippen molar-refractivity contribution in [3.05, 3.63) is 34.7 Å². The number of rotatable bonds is 2. The van der Waals surface area contributed by atoms with Crippen molar-refractivity contribution in [3.63, 3.8) is 0 Å². The van der Waals surface area contributed by atoms with Gasteiger partial charge >= 0.3 is 17.8 Å². The largest absolute Gasteiger partial charge is 0.492 e. The van der Waals surface area contributed by atoms with Crippen molar-refractivity contribution in [3.8, 4) is 0 Å². The Labute approximate surface area is 135 Å². The number of carbonyl (C=O) groups excluding carboxylic acids is 1. The highest BCUT2D eigenvalue weighted by Gasteiger charge is 2.43. The number of hydrogen-bond acceptors (Lipinski definition) is 4. The number of nitrogens with zero attached hydrogens (tertiary/aromatic N) is 3. The van der Waals surface area contributed by atoms with Gasteiger partial charge in [0, 0.05) is 26.2 Å². The van der Waals surface area contributed by atoms with Gasteiger partial charge in [-0.1, -0.05) is 12.1 Å². The summed E-state index contributed by atoms with van der Waals surface area (Å²) in [6.07, 6.45) is -4.18.